The molecule has 2 N–H and O–H groups in total. The van der Waals surface area contributed by atoms with Gasteiger partial charge in [0.15, 0.2) is 5.82 Å². The molecule has 0 saturated carbocycles. The molecular formula is C21H26N4OS. The van der Waals surface area contributed by atoms with Gasteiger partial charge in [0.05, 0.1) is 7.11 Å². The minimum atomic E-state index is 0.166. The van der Waals surface area contributed by atoms with Gasteiger partial charge in [0.25, 0.3) is 0 Å². The summed E-state index contributed by atoms with van der Waals surface area (Å²) in [5.74, 6) is 8.58. The summed E-state index contributed by atoms with van der Waals surface area (Å²) in [5.41, 5.74) is 3.86. The fourth-order valence-corrected chi connectivity index (χ4v) is 3.53. The van der Waals surface area contributed by atoms with Crippen LogP contribution in [-0.4, -0.2) is 22.0 Å². The fourth-order valence-electron chi connectivity index (χ4n) is 2.70. The molecule has 1 heterocycles. The molecule has 0 fully saturated rings. The van der Waals surface area contributed by atoms with Gasteiger partial charge in [0.1, 0.15) is 5.75 Å². The number of hydrogen-bond donors (Lipinski definition) is 1. The molecule has 0 bridgehead atoms. The molecule has 3 rings (SSSR count). The Kier molecular flexibility index (Phi) is 5.75. The van der Waals surface area contributed by atoms with Gasteiger partial charge < -0.3 is 10.6 Å². The van der Waals surface area contributed by atoms with Gasteiger partial charge in [-0.1, -0.05) is 68.9 Å². The number of benzene rings is 2. The number of nitrogen functional groups attached to an aromatic ring is 1. The highest BCUT2D eigenvalue weighted by atomic mass is 32.2. The second kappa shape index (κ2) is 8.05. The van der Waals surface area contributed by atoms with Gasteiger partial charge in [-0.15, -0.1) is 10.2 Å². The monoisotopic (exact) mass is 382 g/mol. The number of thioether (sulfide) groups is 1. The number of aromatic nitrogens is 3. The molecule has 142 valence electrons. The van der Waals surface area contributed by atoms with E-state index in [1.165, 1.54) is 11.1 Å². The molecule has 0 aliphatic heterocycles. The molecule has 5 nitrogen and oxygen atoms in total. The van der Waals surface area contributed by atoms with E-state index in [1.54, 1.807) is 23.5 Å². The minimum absolute atomic E-state index is 0.166. The SMILES string of the molecule is COc1ccc(Cc2nnc(SCc3ccc(C(C)(C)C)cc3)n2N)cc1. The number of ether oxygens (including phenoxy) is 1. The first-order chi connectivity index (χ1) is 12.9. The molecule has 1 aromatic heterocycles. The molecule has 0 spiro atoms. The standard InChI is InChI=1S/C21H26N4OS/c1-21(2,3)17-9-5-16(6-10-17)14-27-20-24-23-19(25(20)22)13-15-7-11-18(26-4)12-8-15/h5-12H,13-14,22H2,1-4H3. The summed E-state index contributed by atoms with van der Waals surface area (Å²) in [6.45, 7) is 6.66. The van der Waals surface area contributed by atoms with E-state index in [1.807, 2.05) is 24.3 Å². The number of nitrogens with two attached hydrogens (primary N) is 1. The molecule has 6 heteroatoms. The van der Waals surface area contributed by atoms with Crippen LogP contribution in [0, 0.1) is 0 Å². The molecular weight excluding hydrogens is 356 g/mol. The first kappa shape index (κ1) is 19.3. The molecule has 27 heavy (non-hydrogen) atoms. The first-order valence-corrected chi connectivity index (χ1v) is 9.90. The lowest BCUT2D eigenvalue weighted by Crippen LogP contribution is -2.14. The average Bonchev–Trinajstić information content (AvgIpc) is 3.00. The van der Waals surface area contributed by atoms with Gasteiger partial charge in [-0.25, -0.2) is 4.68 Å². The number of nitrogens with zero attached hydrogens (tertiary/aromatic N) is 3. The lowest BCUT2D eigenvalue weighted by Gasteiger charge is -2.19. The van der Waals surface area contributed by atoms with Crippen molar-refractivity contribution in [1.29, 1.82) is 0 Å². The third kappa shape index (κ3) is 4.83. The number of hydrogen-bond acceptors (Lipinski definition) is 5. The zero-order valence-corrected chi connectivity index (χ0v) is 17.1. The molecule has 0 aliphatic carbocycles. The van der Waals surface area contributed by atoms with Crippen molar-refractivity contribution < 1.29 is 4.74 Å². The number of rotatable bonds is 6. The molecule has 0 unspecified atom stereocenters. The molecule has 2 aromatic carbocycles. The molecule has 0 radical (unpaired) electrons. The Morgan fingerprint density at radius 3 is 2.19 bits per heavy atom. The van der Waals surface area contributed by atoms with Crippen LogP contribution in [-0.2, 0) is 17.6 Å². The highest BCUT2D eigenvalue weighted by Gasteiger charge is 2.14. The maximum Gasteiger partial charge on any atom is 0.210 e. The van der Waals surface area contributed by atoms with Crippen LogP contribution in [0.1, 0.15) is 43.3 Å². The Morgan fingerprint density at radius 1 is 0.963 bits per heavy atom. The number of methoxy groups -OCH3 is 1. The summed E-state index contributed by atoms with van der Waals surface area (Å²) < 4.78 is 6.77. The fraction of sp³-hybridized carbons (Fsp3) is 0.333. The highest BCUT2D eigenvalue weighted by Crippen LogP contribution is 2.25. The first-order valence-electron chi connectivity index (χ1n) is 8.91. The summed E-state index contributed by atoms with van der Waals surface area (Å²) in [7, 11) is 1.66. The van der Waals surface area contributed by atoms with Crippen LogP contribution in [0.5, 0.6) is 5.75 Å². The Hall–Kier alpha value is -2.47. The zero-order chi connectivity index (χ0) is 19.4. The van der Waals surface area contributed by atoms with E-state index in [4.69, 9.17) is 10.6 Å². The summed E-state index contributed by atoms with van der Waals surface area (Å²) in [4.78, 5) is 0. The quantitative estimate of drug-likeness (QED) is 0.512. The van der Waals surface area contributed by atoms with E-state index in [9.17, 15) is 0 Å². The van der Waals surface area contributed by atoms with E-state index in [0.29, 0.717) is 6.42 Å². The average molecular weight is 383 g/mol. The van der Waals surface area contributed by atoms with Gasteiger partial charge in [0, 0.05) is 12.2 Å². The Bertz CT molecular complexity index is 880. The van der Waals surface area contributed by atoms with E-state index in [0.717, 1.165) is 28.0 Å². The summed E-state index contributed by atoms with van der Waals surface area (Å²) in [6, 6.07) is 16.6. The van der Waals surface area contributed by atoms with Crippen LogP contribution in [0.25, 0.3) is 0 Å². The van der Waals surface area contributed by atoms with Crippen LogP contribution in [0.15, 0.2) is 53.7 Å². The lowest BCUT2D eigenvalue weighted by molar-refractivity contribution is 0.414. The van der Waals surface area contributed by atoms with Crippen LogP contribution >= 0.6 is 11.8 Å². The van der Waals surface area contributed by atoms with Crippen molar-refractivity contribution in [3.63, 3.8) is 0 Å². The normalized spacial score (nSPS) is 11.6. The predicted octanol–water partition coefficient (Wildman–Crippen LogP) is 4.18. The maximum absolute atomic E-state index is 6.20. The van der Waals surface area contributed by atoms with Crippen molar-refractivity contribution in [1.82, 2.24) is 14.9 Å². The van der Waals surface area contributed by atoms with Crippen molar-refractivity contribution in [3.05, 3.63) is 71.0 Å². The van der Waals surface area contributed by atoms with Crippen molar-refractivity contribution in [2.45, 2.75) is 43.5 Å². The van der Waals surface area contributed by atoms with Crippen LogP contribution < -0.4 is 10.6 Å². The zero-order valence-electron chi connectivity index (χ0n) is 16.3. The van der Waals surface area contributed by atoms with Crippen molar-refractivity contribution in [2.24, 2.45) is 0 Å². The van der Waals surface area contributed by atoms with Crippen molar-refractivity contribution >= 4 is 11.8 Å². The van der Waals surface area contributed by atoms with E-state index in [-0.39, 0.29) is 5.41 Å². The molecule has 3 aromatic rings. The highest BCUT2D eigenvalue weighted by molar-refractivity contribution is 7.98. The van der Waals surface area contributed by atoms with E-state index >= 15 is 0 Å². The molecule has 0 aliphatic rings. The predicted molar refractivity (Wildman–Crippen MR) is 111 cm³/mol. The molecule has 0 amide bonds. The van der Waals surface area contributed by atoms with Crippen LogP contribution in [0.4, 0.5) is 0 Å². The van der Waals surface area contributed by atoms with Gasteiger partial charge in [0.2, 0.25) is 5.16 Å². The van der Waals surface area contributed by atoms with Gasteiger partial charge in [-0.3, -0.25) is 0 Å². The summed E-state index contributed by atoms with van der Waals surface area (Å²) >= 11 is 1.60. The Balaban J connectivity index is 1.63. The van der Waals surface area contributed by atoms with E-state index in [2.05, 4.69) is 55.2 Å². The lowest BCUT2D eigenvalue weighted by atomic mass is 9.87. The summed E-state index contributed by atoms with van der Waals surface area (Å²) in [5, 5.41) is 9.21. The van der Waals surface area contributed by atoms with Crippen LogP contribution in [0.2, 0.25) is 0 Å². The largest absolute Gasteiger partial charge is 0.497 e. The van der Waals surface area contributed by atoms with Gasteiger partial charge >= 0.3 is 0 Å². The molecule has 0 saturated heterocycles. The smallest absolute Gasteiger partial charge is 0.210 e. The minimum Gasteiger partial charge on any atom is -0.497 e. The second-order valence-electron chi connectivity index (χ2n) is 7.53. The van der Waals surface area contributed by atoms with Gasteiger partial charge in [-0.05, 0) is 34.2 Å². The second-order valence-corrected chi connectivity index (χ2v) is 8.47. The third-order valence-corrected chi connectivity index (χ3v) is 5.46. The summed E-state index contributed by atoms with van der Waals surface area (Å²) in [6.07, 6.45) is 0.633. The van der Waals surface area contributed by atoms with Crippen molar-refractivity contribution in [3.8, 4) is 5.75 Å². The third-order valence-electron chi connectivity index (χ3n) is 4.44. The van der Waals surface area contributed by atoms with Gasteiger partial charge in [-0.2, -0.15) is 0 Å². The van der Waals surface area contributed by atoms with Crippen molar-refractivity contribution in [2.75, 3.05) is 13.0 Å². The van der Waals surface area contributed by atoms with Crippen LogP contribution in [0.3, 0.4) is 0 Å². The Morgan fingerprint density at radius 2 is 1.59 bits per heavy atom. The Labute approximate surface area is 164 Å². The molecule has 0 atom stereocenters. The maximum atomic E-state index is 6.20. The van der Waals surface area contributed by atoms with E-state index < -0.39 is 0 Å². The topological polar surface area (TPSA) is 66.0 Å².